The number of aryl methyl sites for hydroxylation is 1. The summed E-state index contributed by atoms with van der Waals surface area (Å²) in [7, 11) is 1.89. The summed E-state index contributed by atoms with van der Waals surface area (Å²) in [6, 6.07) is 13.7. The third kappa shape index (κ3) is 5.17. The van der Waals surface area contributed by atoms with Gasteiger partial charge in [0.05, 0.1) is 10.7 Å². The maximum Gasteiger partial charge on any atom is 0.274 e. The van der Waals surface area contributed by atoms with Crippen LogP contribution in [0.25, 0.3) is 17.1 Å². The van der Waals surface area contributed by atoms with Crippen LogP contribution in [0.3, 0.4) is 0 Å². The third-order valence-electron chi connectivity index (χ3n) is 6.74. The Morgan fingerprint density at radius 1 is 1.12 bits per heavy atom. The maximum atomic E-state index is 13.6. The Morgan fingerprint density at radius 2 is 1.82 bits per heavy atom. The van der Waals surface area contributed by atoms with E-state index in [4.69, 9.17) is 33.3 Å². The van der Waals surface area contributed by atoms with Crippen molar-refractivity contribution in [1.29, 1.82) is 0 Å². The highest BCUT2D eigenvalue weighted by molar-refractivity contribution is 6.36. The first kappa shape index (κ1) is 24.8. The molecule has 1 amide bonds. The molecule has 1 heterocycles. The van der Waals surface area contributed by atoms with Crippen molar-refractivity contribution < 1.29 is 9.90 Å². The van der Waals surface area contributed by atoms with Gasteiger partial charge in [0, 0.05) is 36.0 Å². The first-order valence-corrected chi connectivity index (χ1v) is 12.7. The van der Waals surface area contributed by atoms with E-state index in [0.29, 0.717) is 21.6 Å². The van der Waals surface area contributed by atoms with Crippen molar-refractivity contribution in [2.45, 2.75) is 57.9 Å². The lowest BCUT2D eigenvalue weighted by Gasteiger charge is -2.30. The van der Waals surface area contributed by atoms with Gasteiger partial charge >= 0.3 is 0 Å². The van der Waals surface area contributed by atoms with E-state index < -0.39 is 0 Å². The van der Waals surface area contributed by atoms with Gasteiger partial charge in [0.25, 0.3) is 5.91 Å². The first-order chi connectivity index (χ1) is 16.4. The average Bonchev–Trinajstić information content (AvgIpc) is 3.19. The molecule has 0 bridgehead atoms. The van der Waals surface area contributed by atoms with Gasteiger partial charge in [0.1, 0.15) is 11.5 Å². The lowest BCUT2D eigenvalue weighted by Crippen LogP contribution is -2.38. The van der Waals surface area contributed by atoms with Crippen LogP contribution in [0.4, 0.5) is 0 Å². The molecule has 0 radical (unpaired) electrons. The molecule has 1 aliphatic rings. The van der Waals surface area contributed by atoms with Gasteiger partial charge in [-0.15, -0.1) is 0 Å². The van der Waals surface area contributed by atoms with Gasteiger partial charge in [0.2, 0.25) is 0 Å². The summed E-state index contributed by atoms with van der Waals surface area (Å²) in [4.78, 5) is 20.3. The molecule has 5 nitrogen and oxygen atoms in total. The molecule has 1 aromatic heterocycles. The van der Waals surface area contributed by atoms with Gasteiger partial charge in [-0.1, -0.05) is 54.6 Å². The fourth-order valence-corrected chi connectivity index (χ4v) is 5.26. The molecule has 0 spiro atoms. The summed E-state index contributed by atoms with van der Waals surface area (Å²) >= 11 is 12.7. The summed E-state index contributed by atoms with van der Waals surface area (Å²) in [5.41, 5.74) is 3.99. The van der Waals surface area contributed by atoms with Gasteiger partial charge in [-0.3, -0.25) is 9.36 Å². The number of amides is 1. The summed E-state index contributed by atoms with van der Waals surface area (Å²) < 4.78 is 1.99. The van der Waals surface area contributed by atoms with Crippen molar-refractivity contribution in [3.05, 3.63) is 69.5 Å². The molecule has 1 N–H and O–H groups in total. The highest BCUT2D eigenvalue weighted by atomic mass is 35.5. The summed E-state index contributed by atoms with van der Waals surface area (Å²) in [6.07, 6.45) is 7.15. The minimum Gasteiger partial charge on any atom is -0.396 e. The SMILES string of the molecule is Cc1c(C(=O)N(C)C2CCCCC2)nc(-c2ccc(Cl)cc2Cl)n1-c1ccc(CCCO)cc1. The summed E-state index contributed by atoms with van der Waals surface area (Å²) in [6.45, 7) is 2.10. The molecule has 0 aliphatic heterocycles. The monoisotopic (exact) mass is 499 g/mol. The molecule has 0 saturated heterocycles. The number of nitrogens with zero attached hydrogens (tertiary/aromatic N) is 3. The third-order valence-corrected chi connectivity index (χ3v) is 7.29. The number of carbonyl (C=O) groups is 1. The highest BCUT2D eigenvalue weighted by Gasteiger charge is 2.29. The number of rotatable bonds is 7. The predicted molar refractivity (Wildman–Crippen MR) is 138 cm³/mol. The molecule has 0 atom stereocenters. The smallest absolute Gasteiger partial charge is 0.274 e. The predicted octanol–water partition coefficient (Wildman–Crippen LogP) is 6.48. The Bertz CT molecular complexity index is 1150. The zero-order valence-electron chi connectivity index (χ0n) is 19.7. The number of aliphatic hydroxyl groups is 1. The van der Waals surface area contributed by atoms with Gasteiger partial charge in [0.15, 0.2) is 0 Å². The van der Waals surface area contributed by atoms with Crippen LogP contribution in [0.1, 0.15) is 60.3 Å². The second-order valence-electron chi connectivity index (χ2n) is 9.03. The normalized spacial score (nSPS) is 14.4. The van der Waals surface area contributed by atoms with Gasteiger partial charge in [-0.25, -0.2) is 4.98 Å². The second-order valence-corrected chi connectivity index (χ2v) is 9.87. The zero-order chi connectivity index (χ0) is 24.2. The molecule has 1 saturated carbocycles. The van der Waals surface area contributed by atoms with Crippen molar-refractivity contribution >= 4 is 29.1 Å². The first-order valence-electron chi connectivity index (χ1n) is 11.9. The lowest BCUT2D eigenvalue weighted by atomic mass is 9.94. The molecule has 1 fully saturated rings. The number of imidazole rings is 1. The topological polar surface area (TPSA) is 58.4 Å². The van der Waals surface area contributed by atoms with Crippen LogP contribution < -0.4 is 0 Å². The summed E-state index contributed by atoms with van der Waals surface area (Å²) in [5, 5.41) is 10.2. The Hall–Kier alpha value is -2.34. The molecule has 2 aromatic carbocycles. The molecule has 1 aliphatic carbocycles. The number of hydrogen-bond donors (Lipinski definition) is 1. The number of aromatic nitrogens is 2. The Morgan fingerprint density at radius 3 is 2.47 bits per heavy atom. The van der Waals surface area contributed by atoms with Crippen molar-refractivity contribution in [2.75, 3.05) is 13.7 Å². The van der Waals surface area contributed by atoms with Crippen molar-refractivity contribution in [1.82, 2.24) is 14.5 Å². The molecule has 180 valence electrons. The van der Waals surface area contributed by atoms with E-state index in [9.17, 15) is 4.79 Å². The van der Waals surface area contributed by atoms with Crippen LogP contribution >= 0.6 is 23.2 Å². The van der Waals surface area contributed by atoms with E-state index in [1.165, 1.54) is 6.42 Å². The fourth-order valence-electron chi connectivity index (χ4n) is 4.77. The molecular weight excluding hydrogens is 469 g/mol. The lowest BCUT2D eigenvalue weighted by molar-refractivity contribution is 0.0690. The Kier molecular flexibility index (Phi) is 7.97. The van der Waals surface area contributed by atoms with Gasteiger partial charge in [-0.05, 0) is 68.5 Å². The van der Waals surface area contributed by atoms with E-state index >= 15 is 0 Å². The van der Waals surface area contributed by atoms with Crippen molar-refractivity contribution in [2.24, 2.45) is 0 Å². The number of benzene rings is 2. The molecule has 0 unspecified atom stereocenters. The molecule has 4 rings (SSSR count). The number of hydrogen-bond acceptors (Lipinski definition) is 3. The van der Waals surface area contributed by atoms with E-state index in [0.717, 1.165) is 61.0 Å². The second kappa shape index (κ2) is 10.9. The highest BCUT2D eigenvalue weighted by Crippen LogP contribution is 2.34. The van der Waals surface area contributed by atoms with Crippen LogP contribution in [0.15, 0.2) is 42.5 Å². The Balaban J connectivity index is 1.78. The van der Waals surface area contributed by atoms with Crippen LogP contribution in [-0.4, -0.2) is 45.2 Å². The van der Waals surface area contributed by atoms with Gasteiger partial charge < -0.3 is 10.0 Å². The molecular formula is C27H31Cl2N3O2. The summed E-state index contributed by atoms with van der Waals surface area (Å²) in [5.74, 6) is 0.553. The van der Waals surface area contributed by atoms with Crippen molar-refractivity contribution in [3.8, 4) is 17.1 Å². The molecule has 7 heteroatoms. The minimum atomic E-state index is -0.0611. The standard InChI is InChI=1S/C27H31Cl2N3O2/c1-18-25(27(34)31(2)21-8-4-3-5-9-21)30-26(23-15-12-20(28)17-24(23)29)32(18)22-13-10-19(11-14-22)7-6-16-33/h10-15,17,21,33H,3-9,16H2,1-2H3. The van der Waals surface area contributed by atoms with Crippen molar-refractivity contribution in [3.63, 3.8) is 0 Å². The van der Waals surface area contributed by atoms with Crippen LogP contribution in [-0.2, 0) is 6.42 Å². The number of halogens is 2. The van der Waals surface area contributed by atoms with Gasteiger partial charge in [-0.2, -0.15) is 0 Å². The number of aliphatic hydroxyl groups excluding tert-OH is 1. The maximum absolute atomic E-state index is 13.6. The average molecular weight is 500 g/mol. The quantitative estimate of drug-likeness (QED) is 0.404. The number of carbonyl (C=O) groups excluding carboxylic acids is 1. The zero-order valence-corrected chi connectivity index (χ0v) is 21.2. The van der Waals surface area contributed by atoms with E-state index in [1.807, 2.05) is 53.8 Å². The molecule has 34 heavy (non-hydrogen) atoms. The van der Waals surface area contributed by atoms with Crippen LogP contribution in [0, 0.1) is 6.92 Å². The van der Waals surface area contributed by atoms with Crippen LogP contribution in [0.2, 0.25) is 10.0 Å². The molecule has 3 aromatic rings. The minimum absolute atomic E-state index is 0.0611. The largest absolute Gasteiger partial charge is 0.396 e. The van der Waals surface area contributed by atoms with E-state index in [-0.39, 0.29) is 18.6 Å². The van der Waals surface area contributed by atoms with E-state index in [2.05, 4.69) is 0 Å². The van der Waals surface area contributed by atoms with Crippen LogP contribution in [0.5, 0.6) is 0 Å². The Labute approximate surface area is 211 Å². The fraction of sp³-hybridized carbons (Fsp3) is 0.407. The van der Waals surface area contributed by atoms with E-state index in [1.54, 1.807) is 12.1 Å².